The number of nitro groups is 1. The fourth-order valence-electron chi connectivity index (χ4n) is 3.29. The van der Waals surface area contributed by atoms with Crippen LogP contribution < -0.4 is 5.32 Å². The number of rotatable bonds is 2. The van der Waals surface area contributed by atoms with Crippen molar-refractivity contribution in [2.45, 2.75) is 18.9 Å². The van der Waals surface area contributed by atoms with Crippen LogP contribution in [-0.4, -0.2) is 41.4 Å². The number of halogens is 1. The van der Waals surface area contributed by atoms with Crippen LogP contribution in [0.2, 0.25) is 0 Å². The van der Waals surface area contributed by atoms with Gasteiger partial charge in [0, 0.05) is 47.8 Å². The molecule has 2 heterocycles. The highest BCUT2D eigenvalue weighted by Crippen LogP contribution is 2.29. The first-order chi connectivity index (χ1) is 10.1. The Labute approximate surface area is 130 Å². The molecule has 2 unspecified atom stereocenters. The van der Waals surface area contributed by atoms with Gasteiger partial charge < -0.3 is 10.2 Å². The summed E-state index contributed by atoms with van der Waals surface area (Å²) in [5.41, 5.74) is 0.314. The maximum atomic E-state index is 12.7. The molecule has 2 saturated heterocycles. The number of fused-ring (bicyclic) bond motifs is 1. The van der Waals surface area contributed by atoms with Gasteiger partial charge in [0.05, 0.1) is 4.92 Å². The molecular formula is C14H16BrN3O3. The third-order valence-corrected chi connectivity index (χ3v) is 4.74. The molecule has 6 nitrogen and oxygen atoms in total. The van der Waals surface area contributed by atoms with Crippen molar-refractivity contribution in [2.24, 2.45) is 5.92 Å². The highest BCUT2D eigenvalue weighted by Gasteiger charge is 2.37. The first-order valence-corrected chi connectivity index (χ1v) is 7.82. The monoisotopic (exact) mass is 353 g/mol. The number of carbonyl (C=O) groups excluding carboxylic acids is 1. The van der Waals surface area contributed by atoms with Gasteiger partial charge in [-0.05, 0) is 24.8 Å². The minimum Gasteiger partial charge on any atom is -0.334 e. The van der Waals surface area contributed by atoms with Crippen LogP contribution in [0.15, 0.2) is 22.7 Å². The number of benzene rings is 1. The average molecular weight is 354 g/mol. The molecule has 1 N–H and O–H groups in total. The van der Waals surface area contributed by atoms with Crippen LogP contribution in [0.4, 0.5) is 5.69 Å². The molecule has 2 atom stereocenters. The quantitative estimate of drug-likeness (QED) is 0.653. The molecule has 0 aromatic heterocycles. The predicted octanol–water partition coefficient (Wildman–Crippen LogP) is 2.18. The number of nitro benzene ring substituents is 1. The van der Waals surface area contributed by atoms with Crippen molar-refractivity contribution < 1.29 is 9.72 Å². The number of non-ortho nitro benzene ring substituents is 1. The zero-order valence-electron chi connectivity index (χ0n) is 11.4. The number of piperidine rings is 1. The van der Waals surface area contributed by atoms with E-state index >= 15 is 0 Å². The molecule has 0 radical (unpaired) electrons. The smallest absolute Gasteiger partial charge is 0.271 e. The molecule has 0 saturated carbocycles. The molecule has 3 rings (SSSR count). The van der Waals surface area contributed by atoms with Gasteiger partial charge in [-0.25, -0.2) is 0 Å². The van der Waals surface area contributed by atoms with Gasteiger partial charge in [0.2, 0.25) is 0 Å². The minimum atomic E-state index is -0.475. The number of amides is 1. The van der Waals surface area contributed by atoms with E-state index in [1.807, 2.05) is 4.90 Å². The summed E-state index contributed by atoms with van der Waals surface area (Å²) in [4.78, 5) is 25.1. The zero-order valence-corrected chi connectivity index (χ0v) is 13.0. The van der Waals surface area contributed by atoms with E-state index in [4.69, 9.17) is 0 Å². The standard InChI is InChI=1S/C14H16BrN3O3/c15-11-4-10(5-12(6-11)18(20)21)14(19)17-3-1-2-9-7-16-8-13(9)17/h4-6,9,13,16H,1-3,7-8H2. The highest BCUT2D eigenvalue weighted by atomic mass is 79.9. The fourth-order valence-corrected chi connectivity index (χ4v) is 3.77. The summed E-state index contributed by atoms with van der Waals surface area (Å²) in [6, 6.07) is 4.64. The summed E-state index contributed by atoms with van der Waals surface area (Å²) in [7, 11) is 0. The second-order valence-electron chi connectivity index (χ2n) is 5.58. The molecule has 2 aliphatic heterocycles. The Balaban J connectivity index is 1.89. The van der Waals surface area contributed by atoms with Gasteiger partial charge in [0.1, 0.15) is 0 Å². The van der Waals surface area contributed by atoms with Crippen LogP contribution in [0.25, 0.3) is 0 Å². The lowest BCUT2D eigenvalue weighted by Crippen LogP contribution is -2.48. The lowest BCUT2D eigenvalue weighted by atomic mass is 9.91. The fraction of sp³-hybridized carbons (Fsp3) is 0.500. The van der Waals surface area contributed by atoms with Gasteiger partial charge in [0.15, 0.2) is 0 Å². The van der Waals surface area contributed by atoms with Crippen molar-refractivity contribution in [1.29, 1.82) is 0 Å². The van der Waals surface area contributed by atoms with E-state index in [0.29, 0.717) is 16.0 Å². The van der Waals surface area contributed by atoms with Gasteiger partial charge >= 0.3 is 0 Å². The van der Waals surface area contributed by atoms with E-state index in [1.54, 1.807) is 6.07 Å². The molecule has 0 spiro atoms. The third-order valence-electron chi connectivity index (χ3n) is 4.28. The molecule has 7 heteroatoms. The summed E-state index contributed by atoms with van der Waals surface area (Å²) in [5.74, 6) is 0.391. The number of nitrogens with zero attached hydrogens (tertiary/aromatic N) is 2. The first-order valence-electron chi connectivity index (χ1n) is 7.03. The van der Waals surface area contributed by atoms with Crippen LogP contribution in [0.1, 0.15) is 23.2 Å². The Morgan fingerprint density at radius 1 is 1.38 bits per heavy atom. The molecule has 0 bridgehead atoms. The lowest BCUT2D eigenvalue weighted by Gasteiger charge is -2.37. The van der Waals surface area contributed by atoms with Crippen molar-refractivity contribution >= 4 is 27.5 Å². The van der Waals surface area contributed by atoms with Crippen molar-refractivity contribution in [2.75, 3.05) is 19.6 Å². The molecule has 1 aromatic carbocycles. The number of hydrogen-bond acceptors (Lipinski definition) is 4. The first kappa shape index (κ1) is 14.5. The van der Waals surface area contributed by atoms with Crippen molar-refractivity contribution in [3.8, 4) is 0 Å². The van der Waals surface area contributed by atoms with Gasteiger partial charge in [0.25, 0.3) is 11.6 Å². The topological polar surface area (TPSA) is 75.5 Å². The second kappa shape index (κ2) is 5.73. The van der Waals surface area contributed by atoms with Crippen LogP contribution in [0.3, 0.4) is 0 Å². The average Bonchev–Trinajstić information content (AvgIpc) is 2.94. The molecule has 1 aromatic rings. The van der Waals surface area contributed by atoms with E-state index in [1.165, 1.54) is 12.1 Å². The normalized spacial score (nSPS) is 24.7. The molecule has 2 fully saturated rings. The van der Waals surface area contributed by atoms with Crippen LogP contribution in [0.5, 0.6) is 0 Å². The predicted molar refractivity (Wildman–Crippen MR) is 81.2 cm³/mol. The number of hydrogen-bond donors (Lipinski definition) is 1. The maximum Gasteiger partial charge on any atom is 0.271 e. The molecule has 112 valence electrons. The highest BCUT2D eigenvalue weighted by molar-refractivity contribution is 9.10. The lowest BCUT2D eigenvalue weighted by molar-refractivity contribution is -0.385. The summed E-state index contributed by atoms with van der Waals surface area (Å²) < 4.78 is 0.554. The molecule has 1 amide bonds. The van der Waals surface area contributed by atoms with Gasteiger partial charge in [-0.2, -0.15) is 0 Å². The molecular weight excluding hydrogens is 338 g/mol. The van der Waals surface area contributed by atoms with Crippen LogP contribution in [-0.2, 0) is 0 Å². The Kier molecular flexibility index (Phi) is 3.95. The van der Waals surface area contributed by atoms with E-state index in [9.17, 15) is 14.9 Å². The number of carbonyl (C=O) groups is 1. The third kappa shape index (κ3) is 2.80. The van der Waals surface area contributed by atoms with Crippen LogP contribution in [0, 0.1) is 16.0 Å². The van der Waals surface area contributed by atoms with Crippen molar-refractivity contribution in [1.82, 2.24) is 10.2 Å². The molecule has 0 aliphatic carbocycles. The van der Waals surface area contributed by atoms with E-state index in [-0.39, 0.29) is 17.6 Å². The Morgan fingerprint density at radius 3 is 2.95 bits per heavy atom. The van der Waals surface area contributed by atoms with E-state index in [2.05, 4.69) is 21.2 Å². The Hall–Kier alpha value is -1.47. The second-order valence-corrected chi connectivity index (χ2v) is 6.50. The van der Waals surface area contributed by atoms with Crippen LogP contribution >= 0.6 is 15.9 Å². The summed E-state index contributed by atoms with van der Waals surface area (Å²) in [5, 5.41) is 14.3. The van der Waals surface area contributed by atoms with E-state index in [0.717, 1.165) is 32.5 Å². The van der Waals surface area contributed by atoms with Crippen molar-refractivity contribution in [3.05, 3.63) is 38.3 Å². The Bertz CT molecular complexity index is 593. The zero-order chi connectivity index (χ0) is 15.0. The minimum absolute atomic E-state index is 0.0640. The van der Waals surface area contributed by atoms with Gasteiger partial charge in [-0.15, -0.1) is 0 Å². The number of nitrogens with one attached hydrogen (secondary N) is 1. The maximum absolute atomic E-state index is 12.7. The summed E-state index contributed by atoms with van der Waals surface area (Å²) in [6.07, 6.45) is 2.13. The van der Waals surface area contributed by atoms with Gasteiger partial charge in [-0.3, -0.25) is 14.9 Å². The SMILES string of the molecule is O=C(c1cc(Br)cc([N+](=O)[O-])c1)N1CCCC2CNCC21. The summed E-state index contributed by atoms with van der Waals surface area (Å²) in [6.45, 7) is 2.49. The van der Waals surface area contributed by atoms with Gasteiger partial charge in [-0.1, -0.05) is 15.9 Å². The summed E-state index contributed by atoms with van der Waals surface area (Å²) >= 11 is 3.24. The largest absolute Gasteiger partial charge is 0.334 e. The van der Waals surface area contributed by atoms with Crippen molar-refractivity contribution in [3.63, 3.8) is 0 Å². The number of likely N-dealkylation sites (tertiary alicyclic amines) is 1. The molecule has 21 heavy (non-hydrogen) atoms. The van der Waals surface area contributed by atoms with E-state index < -0.39 is 4.92 Å². The Morgan fingerprint density at radius 2 is 2.19 bits per heavy atom. The molecule has 2 aliphatic rings.